The highest BCUT2D eigenvalue weighted by atomic mass is 19.1. The average molecular weight is 200 g/mol. The molecule has 0 aromatic carbocycles. The molecular weight excluding hydrogens is 187 g/mol. The first-order chi connectivity index (χ1) is 6.60. The number of methoxy groups -OCH3 is 1. The summed E-state index contributed by atoms with van der Waals surface area (Å²) in [6, 6.07) is 0. The van der Waals surface area contributed by atoms with Crippen molar-refractivity contribution in [1.82, 2.24) is 9.97 Å². The predicted octanol–water partition coefficient (Wildman–Crippen LogP) is 1.31. The van der Waals surface area contributed by atoms with Gasteiger partial charge in [0.05, 0.1) is 5.69 Å². The smallest absolute Gasteiger partial charge is 0.287 e. The molecule has 78 valence electrons. The molecule has 1 aromatic heterocycles. The molecule has 0 fully saturated rings. The van der Waals surface area contributed by atoms with Crippen molar-refractivity contribution >= 4 is 0 Å². The minimum Gasteiger partial charge on any atom is -0.374 e. The average Bonchev–Trinajstić information content (AvgIpc) is 2.16. The van der Waals surface area contributed by atoms with E-state index in [0.29, 0.717) is 12.2 Å². The van der Waals surface area contributed by atoms with Crippen LogP contribution in [0.25, 0.3) is 0 Å². The summed E-state index contributed by atoms with van der Waals surface area (Å²) < 4.78 is 18.0. The molecule has 1 rings (SSSR count). The van der Waals surface area contributed by atoms with E-state index in [4.69, 9.17) is 4.74 Å². The summed E-state index contributed by atoms with van der Waals surface area (Å²) in [5.41, 5.74) is -0.651. The van der Waals surface area contributed by atoms with E-state index in [9.17, 15) is 9.18 Å². The number of nitrogens with one attached hydrogen (secondary N) is 1. The molecule has 0 bridgehead atoms. The first-order valence-electron chi connectivity index (χ1n) is 4.39. The van der Waals surface area contributed by atoms with Crippen LogP contribution in [0.1, 0.15) is 31.0 Å². The van der Waals surface area contributed by atoms with Crippen molar-refractivity contribution in [1.29, 1.82) is 0 Å². The van der Waals surface area contributed by atoms with Gasteiger partial charge in [0, 0.05) is 7.11 Å². The van der Waals surface area contributed by atoms with Crippen LogP contribution < -0.4 is 5.56 Å². The topological polar surface area (TPSA) is 55.0 Å². The zero-order chi connectivity index (χ0) is 10.7. The molecule has 1 N–H and O–H groups in total. The Bertz CT molecular complexity index is 372. The second kappa shape index (κ2) is 4.32. The van der Waals surface area contributed by atoms with E-state index in [2.05, 4.69) is 9.97 Å². The summed E-state index contributed by atoms with van der Waals surface area (Å²) >= 11 is 0. The third-order valence-corrected chi connectivity index (χ3v) is 2.01. The SMILES string of the molecule is CCC(OC)c1nc(C)c(F)c(=O)[nH]1. The van der Waals surface area contributed by atoms with Gasteiger partial charge in [-0.3, -0.25) is 4.79 Å². The number of nitrogens with zero attached hydrogens (tertiary/aromatic N) is 1. The molecule has 0 aliphatic rings. The van der Waals surface area contributed by atoms with Crippen LogP contribution in [-0.2, 0) is 4.74 Å². The fourth-order valence-electron chi connectivity index (χ4n) is 1.22. The van der Waals surface area contributed by atoms with Crippen molar-refractivity contribution in [3.63, 3.8) is 0 Å². The number of hydrogen-bond acceptors (Lipinski definition) is 3. The molecule has 0 saturated heterocycles. The molecule has 1 aromatic rings. The van der Waals surface area contributed by atoms with Crippen molar-refractivity contribution in [3.05, 3.63) is 27.7 Å². The highest BCUT2D eigenvalue weighted by molar-refractivity contribution is 5.05. The summed E-state index contributed by atoms with van der Waals surface area (Å²) in [7, 11) is 1.52. The summed E-state index contributed by atoms with van der Waals surface area (Å²) in [5.74, 6) is -0.460. The molecule has 0 spiro atoms. The van der Waals surface area contributed by atoms with E-state index >= 15 is 0 Å². The van der Waals surface area contributed by atoms with Gasteiger partial charge in [0.15, 0.2) is 0 Å². The number of rotatable bonds is 3. The number of H-pyrrole nitrogens is 1. The lowest BCUT2D eigenvalue weighted by molar-refractivity contribution is 0.0919. The van der Waals surface area contributed by atoms with Crippen LogP contribution in [0.2, 0.25) is 0 Å². The molecule has 14 heavy (non-hydrogen) atoms. The lowest BCUT2D eigenvalue weighted by Gasteiger charge is -2.12. The first-order valence-corrected chi connectivity index (χ1v) is 4.39. The van der Waals surface area contributed by atoms with Crippen molar-refractivity contribution in [2.75, 3.05) is 7.11 Å². The zero-order valence-electron chi connectivity index (χ0n) is 8.43. The number of ether oxygens (including phenoxy) is 1. The van der Waals surface area contributed by atoms with Crippen LogP contribution in [0.5, 0.6) is 0 Å². The van der Waals surface area contributed by atoms with Gasteiger partial charge in [-0.1, -0.05) is 6.92 Å². The van der Waals surface area contributed by atoms with E-state index in [1.54, 1.807) is 0 Å². The monoisotopic (exact) mass is 200 g/mol. The Morgan fingerprint density at radius 3 is 2.71 bits per heavy atom. The highest BCUT2D eigenvalue weighted by Crippen LogP contribution is 2.14. The summed E-state index contributed by atoms with van der Waals surface area (Å²) in [6.45, 7) is 3.35. The minimum atomic E-state index is -0.834. The summed E-state index contributed by atoms with van der Waals surface area (Å²) in [5, 5.41) is 0. The lowest BCUT2D eigenvalue weighted by Crippen LogP contribution is -2.20. The van der Waals surface area contributed by atoms with Crippen LogP contribution >= 0.6 is 0 Å². The van der Waals surface area contributed by atoms with Crippen molar-refractivity contribution in [2.24, 2.45) is 0 Å². The Morgan fingerprint density at radius 1 is 1.64 bits per heavy atom. The van der Waals surface area contributed by atoms with Gasteiger partial charge in [0.1, 0.15) is 11.9 Å². The van der Waals surface area contributed by atoms with E-state index < -0.39 is 11.4 Å². The van der Waals surface area contributed by atoms with Crippen molar-refractivity contribution < 1.29 is 9.13 Å². The molecule has 0 aliphatic carbocycles. The van der Waals surface area contributed by atoms with Crippen molar-refractivity contribution in [2.45, 2.75) is 26.4 Å². The fraction of sp³-hybridized carbons (Fsp3) is 0.556. The molecule has 0 saturated carbocycles. The number of halogens is 1. The number of aryl methyl sites for hydroxylation is 1. The fourth-order valence-corrected chi connectivity index (χ4v) is 1.22. The van der Waals surface area contributed by atoms with E-state index in [1.165, 1.54) is 14.0 Å². The number of hydrogen-bond donors (Lipinski definition) is 1. The maximum Gasteiger partial charge on any atom is 0.287 e. The summed E-state index contributed by atoms with van der Waals surface area (Å²) in [6.07, 6.45) is 0.381. The first kappa shape index (κ1) is 10.8. The third-order valence-electron chi connectivity index (χ3n) is 2.01. The Hall–Kier alpha value is -1.23. The molecular formula is C9H13FN2O2. The molecule has 0 aliphatic heterocycles. The van der Waals surface area contributed by atoms with Crippen LogP contribution in [0.3, 0.4) is 0 Å². The van der Waals surface area contributed by atoms with Gasteiger partial charge in [-0.15, -0.1) is 0 Å². The molecule has 0 radical (unpaired) electrons. The predicted molar refractivity (Wildman–Crippen MR) is 49.6 cm³/mol. The Labute approximate surface area is 81.1 Å². The van der Waals surface area contributed by atoms with Gasteiger partial charge < -0.3 is 9.72 Å². The Kier molecular flexibility index (Phi) is 3.35. The van der Waals surface area contributed by atoms with Crippen LogP contribution in [0, 0.1) is 12.7 Å². The van der Waals surface area contributed by atoms with E-state index in [0.717, 1.165) is 0 Å². The minimum absolute atomic E-state index is 0.0965. The van der Waals surface area contributed by atoms with Crippen LogP contribution in [0.15, 0.2) is 4.79 Å². The van der Waals surface area contributed by atoms with Gasteiger partial charge in [0.25, 0.3) is 5.56 Å². The second-order valence-electron chi connectivity index (χ2n) is 2.98. The van der Waals surface area contributed by atoms with Gasteiger partial charge in [-0.05, 0) is 13.3 Å². The maximum absolute atomic E-state index is 12.9. The third kappa shape index (κ3) is 1.98. The van der Waals surface area contributed by atoms with E-state index in [1.807, 2.05) is 6.92 Å². The second-order valence-corrected chi connectivity index (χ2v) is 2.98. The zero-order valence-corrected chi connectivity index (χ0v) is 8.43. The summed E-state index contributed by atoms with van der Waals surface area (Å²) in [4.78, 5) is 17.3. The van der Waals surface area contributed by atoms with Gasteiger partial charge in [-0.2, -0.15) is 4.39 Å². The molecule has 1 heterocycles. The molecule has 1 unspecified atom stereocenters. The van der Waals surface area contributed by atoms with Gasteiger partial charge in [0.2, 0.25) is 5.82 Å². The number of aromatic nitrogens is 2. The van der Waals surface area contributed by atoms with Gasteiger partial charge in [-0.25, -0.2) is 4.98 Å². The molecule has 0 amide bonds. The Morgan fingerprint density at radius 2 is 2.29 bits per heavy atom. The largest absolute Gasteiger partial charge is 0.374 e. The lowest BCUT2D eigenvalue weighted by atomic mass is 10.2. The van der Waals surface area contributed by atoms with E-state index in [-0.39, 0.29) is 11.8 Å². The molecule has 5 heteroatoms. The highest BCUT2D eigenvalue weighted by Gasteiger charge is 2.14. The standard InChI is InChI=1S/C9H13FN2O2/c1-4-6(14-3)8-11-5(2)7(10)9(13)12-8/h6H,4H2,1-3H3,(H,11,12,13). The normalized spacial score (nSPS) is 12.9. The molecule has 1 atom stereocenters. The van der Waals surface area contributed by atoms with Crippen LogP contribution in [-0.4, -0.2) is 17.1 Å². The van der Waals surface area contributed by atoms with Crippen LogP contribution in [0.4, 0.5) is 4.39 Å². The Balaban J connectivity index is 3.18. The number of aromatic amines is 1. The quantitative estimate of drug-likeness (QED) is 0.800. The molecule has 4 nitrogen and oxygen atoms in total. The van der Waals surface area contributed by atoms with Gasteiger partial charge >= 0.3 is 0 Å². The van der Waals surface area contributed by atoms with Crippen molar-refractivity contribution in [3.8, 4) is 0 Å². The maximum atomic E-state index is 12.9.